The summed E-state index contributed by atoms with van der Waals surface area (Å²) >= 11 is 5.97. The SMILES string of the molecule is CCn1nc(C)c(CCNC(=O)CC2CCN(C(=O)Nc3cccc(Cl)c3)CC2)c1C. The summed E-state index contributed by atoms with van der Waals surface area (Å²) in [5, 5.41) is 11.1. The highest BCUT2D eigenvalue weighted by Gasteiger charge is 2.24. The van der Waals surface area contributed by atoms with E-state index in [4.69, 9.17) is 11.6 Å². The monoisotopic (exact) mass is 445 g/mol. The minimum atomic E-state index is -0.122. The smallest absolute Gasteiger partial charge is 0.321 e. The van der Waals surface area contributed by atoms with Gasteiger partial charge in [0.25, 0.3) is 0 Å². The van der Waals surface area contributed by atoms with Gasteiger partial charge in [0.15, 0.2) is 0 Å². The number of rotatable bonds is 7. The second-order valence-corrected chi connectivity index (χ2v) is 8.58. The number of nitrogens with one attached hydrogen (secondary N) is 2. The van der Waals surface area contributed by atoms with E-state index in [1.807, 2.05) is 17.7 Å². The van der Waals surface area contributed by atoms with Crippen molar-refractivity contribution in [2.75, 3.05) is 25.0 Å². The number of amides is 3. The fourth-order valence-corrected chi connectivity index (χ4v) is 4.36. The fraction of sp³-hybridized carbons (Fsp3) is 0.522. The Morgan fingerprint density at radius 2 is 1.97 bits per heavy atom. The van der Waals surface area contributed by atoms with Crippen molar-refractivity contribution in [3.8, 4) is 0 Å². The Labute approximate surface area is 189 Å². The molecule has 3 rings (SSSR count). The standard InChI is InChI=1S/C23H32ClN5O2/c1-4-29-17(3)21(16(2)27-29)8-11-25-22(30)14-18-9-12-28(13-10-18)23(31)26-20-7-5-6-19(24)15-20/h5-7,15,18H,4,8-14H2,1-3H3,(H,25,30)(H,26,31). The third-order valence-corrected chi connectivity index (χ3v) is 6.21. The maximum Gasteiger partial charge on any atom is 0.321 e. The lowest BCUT2D eigenvalue weighted by molar-refractivity contribution is -0.122. The summed E-state index contributed by atoms with van der Waals surface area (Å²) in [5.41, 5.74) is 4.13. The molecule has 168 valence electrons. The van der Waals surface area contributed by atoms with Crippen molar-refractivity contribution in [1.29, 1.82) is 0 Å². The summed E-state index contributed by atoms with van der Waals surface area (Å²) in [6.07, 6.45) is 2.97. The van der Waals surface area contributed by atoms with Gasteiger partial charge in [-0.25, -0.2) is 4.79 Å². The lowest BCUT2D eigenvalue weighted by Gasteiger charge is -2.31. The van der Waals surface area contributed by atoms with Crippen molar-refractivity contribution in [3.63, 3.8) is 0 Å². The molecule has 1 fully saturated rings. The van der Waals surface area contributed by atoms with E-state index in [-0.39, 0.29) is 11.9 Å². The molecule has 7 nitrogen and oxygen atoms in total. The maximum absolute atomic E-state index is 12.4. The van der Waals surface area contributed by atoms with E-state index in [9.17, 15) is 9.59 Å². The van der Waals surface area contributed by atoms with Gasteiger partial charge in [-0.2, -0.15) is 5.10 Å². The van der Waals surface area contributed by atoms with Crippen molar-refractivity contribution in [1.82, 2.24) is 20.0 Å². The molecule has 0 unspecified atom stereocenters. The van der Waals surface area contributed by atoms with Crippen molar-refractivity contribution >= 4 is 29.2 Å². The minimum absolute atomic E-state index is 0.0834. The van der Waals surface area contributed by atoms with Gasteiger partial charge in [-0.3, -0.25) is 9.48 Å². The van der Waals surface area contributed by atoms with Crippen molar-refractivity contribution in [3.05, 3.63) is 46.2 Å². The molecular weight excluding hydrogens is 414 g/mol. The molecule has 31 heavy (non-hydrogen) atoms. The van der Waals surface area contributed by atoms with Crippen molar-refractivity contribution in [2.24, 2.45) is 5.92 Å². The number of anilines is 1. The van der Waals surface area contributed by atoms with Gasteiger partial charge in [-0.05, 0) is 69.7 Å². The van der Waals surface area contributed by atoms with Crippen LogP contribution in [0.25, 0.3) is 0 Å². The summed E-state index contributed by atoms with van der Waals surface area (Å²) in [4.78, 5) is 26.6. The van der Waals surface area contributed by atoms with E-state index >= 15 is 0 Å². The van der Waals surface area contributed by atoms with Gasteiger partial charge in [-0.15, -0.1) is 0 Å². The number of piperidine rings is 1. The van der Waals surface area contributed by atoms with Crippen LogP contribution in [-0.4, -0.2) is 46.3 Å². The highest BCUT2D eigenvalue weighted by atomic mass is 35.5. The third kappa shape index (κ3) is 6.23. The number of nitrogens with zero attached hydrogens (tertiary/aromatic N) is 3. The first-order valence-corrected chi connectivity index (χ1v) is 11.4. The van der Waals surface area contributed by atoms with Gasteiger partial charge >= 0.3 is 6.03 Å². The Morgan fingerprint density at radius 3 is 2.61 bits per heavy atom. The molecule has 2 aromatic rings. The molecule has 1 aromatic heterocycles. The topological polar surface area (TPSA) is 79.3 Å². The van der Waals surface area contributed by atoms with E-state index in [1.165, 1.54) is 11.3 Å². The van der Waals surface area contributed by atoms with E-state index in [2.05, 4.69) is 29.6 Å². The lowest BCUT2D eigenvalue weighted by Crippen LogP contribution is -2.42. The zero-order valence-corrected chi connectivity index (χ0v) is 19.3. The Morgan fingerprint density at radius 1 is 1.23 bits per heavy atom. The first kappa shape index (κ1) is 23.1. The number of aryl methyl sites for hydroxylation is 2. The van der Waals surface area contributed by atoms with Crippen LogP contribution >= 0.6 is 11.6 Å². The maximum atomic E-state index is 12.4. The van der Waals surface area contributed by atoms with Gasteiger partial charge in [0.05, 0.1) is 5.69 Å². The van der Waals surface area contributed by atoms with Gasteiger partial charge < -0.3 is 15.5 Å². The summed E-state index contributed by atoms with van der Waals surface area (Å²) in [5.74, 6) is 0.390. The number of carbonyl (C=O) groups excluding carboxylic acids is 2. The quantitative estimate of drug-likeness (QED) is 0.671. The van der Waals surface area contributed by atoms with Crippen LogP contribution in [0.1, 0.15) is 43.1 Å². The number of benzene rings is 1. The molecular formula is C23H32ClN5O2. The predicted molar refractivity (Wildman–Crippen MR) is 123 cm³/mol. The van der Waals surface area contributed by atoms with E-state index in [0.717, 1.165) is 31.5 Å². The largest absolute Gasteiger partial charge is 0.356 e. The van der Waals surface area contributed by atoms with Crippen LogP contribution in [0.3, 0.4) is 0 Å². The van der Waals surface area contributed by atoms with E-state index < -0.39 is 0 Å². The predicted octanol–water partition coefficient (Wildman–Crippen LogP) is 4.17. The average Bonchev–Trinajstić information content (AvgIpc) is 3.02. The minimum Gasteiger partial charge on any atom is -0.356 e. The second-order valence-electron chi connectivity index (χ2n) is 8.14. The number of hydrogen-bond acceptors (Lipinski definition) is 3. The summed E-state index contributed by atoms with van der Waals surface area (Å²) in [6, 6.07) is 7.00. The van der Waals surface area contributed by atoms with Crippen molar-refractivity contribution < 1.29 is 9.59 Å². The summed E-state index contributed by atoms with van der Waals surface area (Å²) in [7, 11) is 0. The molecule has 0 bridgehead atoms. The van der Waals surface area contributed by atoms with Crippen LogP contribution in [-0.2, 0) is 17.8 Å². The third-order valence-electron chi connectivity index (χ3n) is 5.98. The molecule has 3 amide bonds. The molecule has 2 heterocycles. The van der Waals surface area contributed by atoms with E-state index in [1.54, 1.807) is 23.1 Å². The number of urea groups is 1. The van der Waals surface area contributed by atoms with Gasteiger partial charge in [0, 0.05) is 49.0 Å². The van der Waals surface area contributed by atoms with Crippen LogP contribution in [0.4, 0.5) is 10.5 Å². The zero-order chi connectivity index (χ0) is 22.4. The molecule has 0 aliphatic carbocycles. The molecule has 0 spiro atoms. The molecule has 1 aliphatic rings. The molecule has 0 saturated carbocycles. The van der Waals surface area contributed by atoms with Crippen molar-refractivity contribution in [2.45, 2.75) is 53.0 Å². The number of likely N-dealkylation sites (tertiary alicyclic amines) is 1. The second kappa shape index (κ2) is 10.7. The van der Waals surface area contributed by atoms with Crippen LogP contribution in [0.5, 0.6) is 0 Å². The van der Waals surface area contributed by atoms with Crippen LogP contribution in [0.2, 0.25) is 5.02 Å². The number of halogens is 1. The van der Waals surface area contributed by atoms with Crippen LogP contribution in [0.15, 0.2) is 24.3 Å². The normalized spacial score (nSPS) is 14.5. The van der Waals surface area contributed by atoms with Gasteiger partial charge in [0.2, 0.25) is 5.91 Å². The van der Waals surface area contributed by atoms with Crippen LogP contribution in [0, 0.1) is 19.8 Å². The average molecular weight is 446 g/mol. The zero-order valence-electron chi connectivity index (χ0n) is 18.6. The molecule has 1 saturated heterocycles. The number of aromatic nitrogens is 2. The highest BCUT2D eigenvalue weighted by Crippen LogP contribution is 2.22. The Hall–Kier alpha value is -2.54. The first-order valence-electron chi connectivity index (χ1n) is 11.0. The van der Waals surface area contributed by atoms with E-state index in [0.29, 0.717) is 42.7 Å². The number of carbonyl (C=O) groups is 2. The Bertz CT molecular complexity index is 919. The molecule has 1 aromatic carbocycles. The lowest BCUT2D eigenvalue weighted by atomic mass is 9.93. The molecule has 0 radical (unpaired) electrons. The summed E-state index contributed by atoms with van der Waals surface area (Å²) < 4.78 is 2.00. The Kier molecular flexibility index (Phi) is 7.96. The van der Waals surface area contributed by atoms with Gasteiger partial charge in [-0.1, -0.05) is 17.7 Å². The molecule has 0 atom stereocenters. The Balaban J connectivity index is 1.38. The molecule has 2 N–H and O–H groups in total. The van der Waals surface area contributed by atoms with Crippen LogP contribution < -0.4 is 10.6 Å². The first-order chi connectivity index (χ1) is 14.9. The molecule has 1 aliphatic heterocycles. The highest BCUT2D eigenvalue weighted by molar-refractivity contribution is 6.30. The summed E-state index contributed by atoms with van der Waals surface area (Å²) in [6.45, 7) is 8.96. The number of hydrogen-bond donors (Lipinski definition) is 2. The molecule has 8 heteroatoms. The fourth-order valence-electron chi connectivity index (χ4n) is 4.17. The van der Waals surface area contributed by atoms with Gasteiger partial charge in [0.1, 0.15) is 0 Å².